The maximum Gasteiger partial charge on any atom is 0.0907 e. The van der Waals surface area contributed by atoms with Crippen molar-refractivity contribution in [2.24, 2.45) is 0 Å². The highest BCUT2D eigenvalue weighted by atomic mass is 32.1. The molecule has 0 fully saturated rings. The monoisotopic (exact) mass is 235 g/mol. The average molecular weight is 235 g/mol. The highest BCUT2D eigenvalue weighted by Crippen LogP contribution is 2.26. The van der Waals surface area contributed by atoms with Gasteiger partial charge in [0.25, 0.3) is 0 Å². The van der Waals surface area contributed by atoms with Gasteiger partial charge in [-0.2, -0.15) is 0 Å². The van der Waals surface area contributed by atoms with E-state index in [1.807, 2.05) is 0 Å². The van der Waals surface area contributed by atoms with Crippen molar-refractivity contribution < 1.29 is 0 Å². The molecule has 0 atom stereocenters. The predicted octanol–water partition coefficient (Wildman–Crippen LogP) is 4.89. The Morgan fingerprint density at radius 1 is 1.12 bits per heavy atom. The Hall–Kier alpha value is -0.890. The quantitative estimate of drug-likeness (QED) is 0.685. The van der Waals surface area contributed by atoms with Crippen molar-refractivity contribution in [1.82, 2.24) is 4.98 Å². The SMILES string of the molecule is CCC.CCc1cc(C)cc2sc(C)nc12. The number of fused-ring (bicyclic) bond motifs is 1. The number of nitrogens with zero attached hydrogens (tertiary/aromatic N) is 1. The number of aromatic nitrogens is 1. The third-order valence-electron chi connectivity index (χ3n) is 2.21. The molecular formula is C14H21NS. The summed E-state index contributed by atoms with van der Waals surface area (Å²) < 4.78 is 1.33. The van der Waals surface area contributed by atoms with E-state index >= 15 is 0 Å². The van der Waals surface area contributed by atoms with Gasteiger partial charge in [0, 0.05) is 0 Å². The molecule has 0 amide bonds. The van der Waals surface area contributed by atoms with Crippen LogP contribution in [0, 0.1) is 13.8 Å². The number of hydrogen-bond donors (Lipinski definition) is 0. The Balaban J connectivity index is 0.000000386. The van der Waals surface area contributed by atoms with Crippen LogP contribution in [0.15, 0.2) is 12.1 Å². The number of thiazole rings is 1. The van der Waals surface area contributed by atoms with Crippen molar-refractivity contribution in [2.45, 2.75) is 47.5 Å². The first-order valence-corrected chi connectivity index (χ1v) is 6.80. The number of rotatable bonds is 1. The molecule has 2 rings (SSSR count). The lowest BCUT2D eigenvalue weighted by atomic mass is 10.1. The Bertz CT molecular complexity index is 457. The van der Waals surface area contributed by atoms with Crippen molar-refractivity contribution in [1.29, 1.82) is 0 Å². The van der Waals surface area contributed by atoms with Gasteiger partial charge in [0.15, 0.2) is 0 Å². The molecule has 16 heavy (non-hydrogen) atoms. The van der Waals surface area contributed by atoms with Gasteiger partial charge in [-0.05, 0) is 37.5 Å². The predicted molar refractivity (Wildman–Crippen MR) is 74.4 cm³/mol. The van der Waals surface area contributed by atoms with Crippen LogP contribution in [0.2, 0.25) is 0 Å². The third-order valence-corrected chi connectivity index (χ3v) is 3.12. The highest BCUT2D eigenvalue weighted by Gasteiger charge is 2.05. The van der Waals surface area contributed by atoms with Crippen LogP contribution in [0.1, 0.15) is 43.3 Å². The lowest BCUT2D eigenvalue weighted by Gasteiger charge is -1.99. The van der Waals surface area contributed by atoms with Gasteiger partial charge in [0.2, 0.25) is 0 Å². The van der Waals surface area contributed by atoms with Crippen LogP contribution < -0.4 is 0 Å². The Morgan fingerprint density at radius 2 is 1.75 bits per heavy atom. The van der Waals surface area contributed by atoms with Crippen molar-refractivity contribution in [3.8, 4) is 0 Å². The van der Waals surface area contributed by atoms with Crippen molar-refractivity contribution in [2.75, 3.05) is 0 Å². The molecule has 0 aliphatic heterocycles. The average Bonchev–Trinajstić information content (AvgIpc) is 2.58. The van der Waals surface area contributed by atoms with Gasteiger partial charge in [0.05, 0.1) is 15.2 Å². The molecule has 2 heteroatoms. The fraction of sp³-hybridized carbons (Fsp3) is 0.500. The molecule has 0 radical (unpaired) electrons. The molecule has 0 aliphatic rings. The number of hydrogen-bond acceptors (Lipinski definition) is 2. The first kappa shape index (κ1) is 13.2. The van der Waals surface area contributed by atoms with E-state index in [2.05, 4.69) is 51.7 Å². The molecular weight excluding hydrogens is 214 g/mol. The summed E-state index contributed by atoms with van der Waals surface area (Å²) in [6, 6.07) is 4.46. The summed E-state index contributed by atoms with van der Waals surface area (Å²) in [5.74, 6) is 0. The smallest absolute Gasteiger partial charge is 0.0907 e. The Morgan fingerprint density at radius 3 is 2.31 bits per heavy atom. The maximum atomic E-state index is 4.54. The maximum absolute atomic E-state index is 4.54. The van der Waals surface area contributed by atoms with E-state index in [9.17, 15) is 0 Å². The van der Waals surface area contributed by atoms with Crippen LogP contribution in [0.25, 0.3) is 10.2 Å². The molecule has 0 spiro atoms. The highest BCUT2D eigenvalue weighted by molar-refractivity contribution is 7.18. The molecule has 2 aromatic rings. The van der Waals surface area contributed by atoms with Crippen LogP contribution >= 0.6 is 11.3 Å². The molecule has 0 saturated carbocycles. The van der Waals surface area contributed by atoms with E-state index in [-0.39, 0.29) is 0 Å². The Labute approximate surface area is 103 Å². The second-order valence-corrected chi connectivity index (χ2v) is 5.30. The van der Waals surface area contributed by atoms with Gasteiger partial charge in [0.1, 0.15) is 0 Å². The molecule has 1 aromatic carbocycles. The lowest BCUT2D eigenvalue weighted by molar-refractivity contribution is 1.09. The van der Waals surface area contributed by atoms with Gasteiger partial charge in [-0.3, -0.25) is 0 Å². The van der Waals surface area contributed by atoms with E-state index in [4.69, 9.17) is 0 Å². The summed E-state index contributed by atoms with van der Waals surface area (Å²) in [4.78, 5) is 4.54. The van der Waals surface area contributed by atoms with Gasteiger partial charge in [-0.15, -0.1) is 11.3 Å². The first-order chi connectivity index (χ1) is 7.62. The number of benzene rings is 1. The van der Waals surface area contributed by atoms with Crippen LogP contribution in [-0.2, 0) is 6.42 Å². The normalized spacial score (nSPS) is 10.1. The van der Waals surface area contributed by atoms with Gasteiger partial charge >= 0.3 is 0 Å². The van der Waals surface area contributed by atoms with Crippen LogP contribution in [0.4, 0.5) is 0 Å². The largest absolute Gasteiger partial charge is 0.241 e. The minimum atomic E-state index is 1.07. The van der Waals surface area contributed by atoms with Crippen LogP contribution in [0.3, 0.4) is 0 Å². The first-order valence-electron chi connectivity index (χ1n) is 5.99. The van der Waals surface area contributed by atoms with Crippen molar-refractivity contribution in [3.63, 3.8) is 0 Å². The topological polar surface area (TPSA) is 12.9 Å². The van der Waals surface area contributed by atoms with Gasteiger partial charge in [-0.1, -0.05) is 33.3 Å². The van der Waals surface area contributed by atoms with E-state index in [1.54, 1.807) is 11.3 Å². The zero-order valence-corrected chi connectivity index (χ0v) is 11.7. The standard InChI is InChI=1S/C11H13NS.C3H8/c1-4-9-5-7(2)6-10-11(9)12-8(3)13-10;1-3-2/h5-6H,4H2,1-3H3;3H2,1-2H3. The zero-order valence-electron chi connectivity index (χ0n) is 10.9. The third kappa shape index (κ3) is 3.05. The molecule has 1 nitrogen and oxygen atoms in total. The van der Waals surface area contributed by atoms with E-state index < -0.39 is 0 Å². The van der Waals surface area contributed by atoms with Gasteiger partial charge < -0.3 is 0 Å². The van der Waals surface area contributed by atoms with Crippen LogP contribution in [-0.4, -0.2) is 4.98 Å². The summed E-state index contributed by atoms with van der Waals surface area (Å²) in [5, 5.41) is 1.16. The van der Waals surface area contributed by atoms with Crippen LogP contribution in [0.5, 0.6) is 0 Å². The summed E-state index contributed by atoms with van der Waals surface area (Å²) in [6.45, 7) is 10.6. The second kappa shape index (κ2) is 6.00. The van der Waals surface area contributed by atoms with E-state index in [0.717, 1.165) is 11.4 Å². The molecule has 88 valence electrons. The molecule has 0 N–H and O–H groups in total. The minimum absolute atomic E-state index is 1.07. The van der Waals surface area contributed by atoms with E-state index in [0.29, 0.717) is 0 Å². The fourth-order valence-electron chi connectivity index (χ4n) is 1.63. The second-order valence-electron chi connectivity index (χ2n) is 4.06. The van der Waals surface area contributed by atoms with Crippen molar-refractivity contribution in [3.05, 3.63) is 28.3 Å². The molecule has 0 unspecified atom stereocenters. The van der Waals surface area contributed by atoms with E-state index in [1.165, 1.54) is 27.8 Å². The lowest BCUT2D eigenvalue weighted by Crippen LogP contribution is -1.84. The summed E-state index contributed by atoms with van der Waals surface area (Å²) in [7, 11) is 0. The Kier molecular flexibility index (Phi) is 4.94. The number of aryl methyl sites for hydroxylation is 3. The molecule has 0 aliphatic carbocycles. The molecule has 1 aromatic heterocycles. The summed E-state index contributed by atoms with van der Waals surface area (Å²) in [6.07, 6.45) is 2.32. The minimum Gasteiger partial charge on any atom is -0.241 e. The van der Waals surface area contributed by atoms with Crippen molar-refractivity contribution >= 4 is 21.6 Å². The molecule has 1 heterocycles. The fourth-order valence-corrected chi connectivity index (χ4v) is 2.61. The summed E-state index contributed by atoms with van der Waals surface area (Å²) in [5.41, 5.74) is 3.92. The van der Waals surface area contributed by atoms with Gasteiger partial charge in [-0.25, -0.2) is 4.98 Å². The zero-order chi connectivity index (χ0) is 12.1. The molecule has 0 saturated heterocycles. The summed E-state index contributed by atoms with van der Waals surface area (Å²) >= 11 is 1.78. The molecule has 0 bridgehead atoms.